The number of carbonyl (C=O) groups excluding carboxylic acids is 2. The average molecular weight is 696 g/mol. The lowest BCUT2D eigenvalue weighted by molar-refractivity contribution is -0.136. The van der Waals surface area contributed by atoms with Crippen LogP contribution in [0, 0.1) is 23.5 Å². The van der Waals surface area contributed by atoms with Crippen molar-refractivity contribution in [3.63, 3.8) is 0 Å². The van der Waals surface area contributed by atoms with Gasteiger partial charge in [0.25, 0.3) is 0 Å². The van der Waals surface area contributed by atoms with E-state index in [0.29, 0.717) is 64.6 Å². The van der Waals surface area contributed by atoms with Crippen molar-refractivity contribution in [2.24, 2.45) is 11.8 Å². The highest BCUT2D eigenvalue weighted by Crippen LogP contribution is 2.37. The number of benzene rings is 1. The zero-order valence-corrected chi connectivity index (χ0v) is 30.0. The van der Waals surface area contributed by atoms with Crippen LogP contribution < -0.4 is 0 Å². The number of amides is 2. The molecule has 1 aliphatic carbocycles. The quantitative estimate of drug-likeness (QED) is 0.340. The summed E-state index contributed by atoms with van der Waals surface area (Å²) in [6, 6.07) is 4.38. The Hall–Kier alpha value is -2.35. The summed E-state index contributed by atoms with van der Waals surface area (Å²) in [4.78, 5) is 34.6. The predicted molar refractivity (Wildman–Crippen MR) is 181 cm³/mol. The Bertz CT molecular complexity index is 1360. The van der Waals surface area contributed by atoms with Crippen molar-refractivity contribution in [3.05, 3.63) is 35.4 Å². The first-order chi connectivity index (χ1) is 22.7. The van der Waals surface area contributed by atoms with Crippen LogP contribution in [-0.4, -0.2) is 134 Å². The Labute approximate surface area is 285 Å². The van der Waals surface area contributed by atoms with E-state index >= 15 is 0 Å². The molecule has 3 heterocycles. The first-order valence-electron chi connectivity index (χ1n) is 17.8. The molecule has 5 rings (SSSR count). The van der Waals surface area contributed by atoms with Gasteiger partial charge in [-0.05, 0) is 108 Å². The van der Waals surface area contributed by atoms with Crippen LogP contribution in [0.25, 0.3) is 0 Å². The summed E-state index contributed by atoms with van der Waals surface area (Å²) in [6.45, 7) is 12.6. The highest BCUT2D eigenvalue weighted by atomic mass is 32.2. The van der Waals surface area contributed by atoms with Crippen LogP contribution in [0.1, 0.15) is 77.2 Å². The maximum absolute atomic E-state index is 14.3. The maximum atomic E-state index is 14.3. The minimum atomic E-state index is -3.26. The lowest BCUT2D eigenvalue weighted by Crippen LogP contribution is -2.54. The molecule has 0 bridgehead atoms. The van der Waals surface area contributed by atoms with Gasteiger partial charge in [0.05, 0.1) is 12.8 Å². The van der Waals surface area contributed by atoms with E-state index in [2.05, 4.69) is 14.7 Å². The Morgan fingerprint density at radius 3 is 2.10 bits per heavy atom. The third-order valence-corrected chi connectivity index (χ3v) is 11.8. The molecular formula is C35H55F2N5O5S. The molecule has 0 spiro atoms. The van der Waals surface area contributed by atoms with Gasteiger partial charge in [-0.2, -0.15) is 0 Å². The van der Waals surface area contributed by atoms with Crippen molar-refractivity contribution in [1.29, 1.82) is 0 Å². The van der Waals surface area contributed by atoms with Crippen molar-refractivity contribution < 1.29 is 31.5 Å². The Morgan fingerprint density at radius 2 is 1.54 bits per heavy atom. The smallest absolute Gasteiger partial charge is 0.410 e. The van der Waals surface area contributed by atoms with E-state index in [4.69, 9.17) is 4.74 Å². The van der Waals surface area contributed by atoms with Crippen LogP contribution >= 0.6 is 0 Å². The van der Waals surface area contributed by atoms with Crippen LogP contribution in [-0.2, 0) is 19.6 Å². The maximum Gasteiger partial charge on any atom is 0.410 e. The first kappa shape index (κ1) is 36.9. The zero-order valence-electron chi connectivity index (χ0n) is 29.2. The molecule has 4 aliphatic rings. The van der Waals surface area contributed by atoms with Gasteiger partial charge < -0.3 is 19.4 Å². The van der Waals surface area contributed by atoms with E-state index in [9.17, 15) is 26.8 Å². The number of likely N-dealkylation sites (tertiary alicyclic amines) is 1. The molecule has 0 radical (unpaired) electrons. The fourth-order valence-electron chi connectivity index (χ4n) is 7.53. The van der Waals surface area contributed by atoms with E-state index in [-0.39, 0.29) is 29.9 Å². The van der Waals surface area contributed by atoms with Crippen LogP contribution in [0.2, 0.25) is 0 Å². The molecule has 1 aromatic rings. The second-order valence-electron chi connectivity index (χ2n) is 15.4. The Balaban J connectivity index is 1.13. The summed E-state index contributed by atoms with van der Waals surface area (Å²) < 4.78 is 59.3. The van der Waals surface area contributed by atoms with Crippen molar-refractivity contribution in [2.75, 3.05) is 78.2 Å². The van der Waals surface area contributed by atoms with Crippen molar-refractivity contribution >= 4 is 22.0 Å². The number of carbonyl (C=O) groups is 2. The van der Waals surface area contributed by atoms with Crippen LogP contribution in [0.3, 0.4) is 0 Å². The summed E-state index contributed by atoms with van der Waals surface area (Å²) in [6.07, 6.45) is 7.22. The Morgan fingerprint density at radius 1 is 0.896 bits per heavy atom. The second kappa shape index (κ2) is 15.7. The van der Waals surface area contributed by atoms with Gasteiger partial charge in [-0.25, -0.2) is 26.3 Å². The normalized spacial score (nSPS) is 22.1. The van der Waals surface area contributed by atoms with Crippen LogP contribution in [0.5, 0.6) is 0 Å². The van der Waals surface area contributed by atoms with E-state index in [0.717, 1.165) is 51.0 Å². The van der Waals surface area contributed by atoms with Gasteiger partial charge in [0, 0.05) is 64.9 Å². The lowest BCUT2D eigenvalue weighted by Gasteiger charge is -2.41. The van der Waals surface area contributed by atoms with Gasteiger partial charge in [-0.3, -0.25) is 9.69 Å². The number of hydrogen-bond donors (Lipinski definition) is 0. The first-order valence-corrected chi connectivity index (χ1v) is 19.6. The van der Waals surface area contributed by atoms with Gasteiger partial charge in [0.15, 0.2) is 11.6 Å². The molecule has 10 nitrogen and oxygen atoms in total. The molecule has 0 aromatic heterocycles. The van der Waals surface area contributed by atoms with Crippen LogP contribution in [0.15, 0.2) is 18.2 Å². The molecule has 0 N–H and O–H groups in total. The van der Waals surface area contributed by atoms with E-state index in [1.807, 2.05) is 20.8 Å². The highest BCUT2D eigenvalue weighted by Gasteiger charge is 2.36. The summed E-state index contributed by atoms with van der Waals surface area (Å²) in [5, 5.41) is 0. The molecule has 270 valence electrons. The molecule has 0 unspecified atom stereocenters. The molecule has 48 heavy (non-hydrogen) atoms. The largest absolute Gasteiger partial charge is 0.444 e. The summed E-state index contributed by atoms with van der Waals surface area (Å²) >= 11 is 0. The van der Waals surface area contributed by atoms with Crippen molar-refractivity contribution in [3.8, 4) is 0 Å². The molecule has 13 heteroatoms. The monoisotopic (exact) mass is 695 g/mol. The number of sulfonamides is 1. The molecular weight excluding hydrogens is 640 g/mol. The molecule has 3 aliphatic heterocycles. The van der Waals surface area contributed by atoms with Gasteiger partial charge in [0.2, 0.25) is 15.9 Å². The zero-order chi connectivity index (χ0) is 34.6. The summed E-state index contributed by atoms with van der Waals surface area (Å²) in [5.41, 5.74) is 0.238. The number of piperazine rings is 1. The lowest BCUT2D eigenvalue weighted by atomic mass is 9.78. The molecule has 1 aromatic carbocycles. The molecule has 2 amide bonds. The van der Waals surface area contributed by atoms with Crippen molar-refractivity contribution in [1.82, 2.24) is 23.9 Å². The SMILES string of the molecule is CC(C)(C)OC(=O)N1CCN(CC(=O)N(CC2CC2)C2CCN(CC[C@@H](c3ccc(F)c(F)c3)C3CCN(S(C)(=O)=O)CC3)CC2)CC1. The predicted octanol–water partition coefficient (Wildman–Crippen LogP) is 4.37. The fraction of sp³-hybridized carbons (Fsp3) is 0.771. The van der Waals surface area contributed by atoms with E-state index < -0.39 is 27.3 Å². The van der Waals surface area contributed by atoms with E-state index in [1.165, 1.54) is 35.5 Å². The van der Waals surface area contributed by atoms with Gasteiger partial charge >= 0.3 is 6.09 Å². The minimum Gasteiger partial charge on any atom is -0.444 e. The molecule has 4 fully saturated rings. The third kappa shape index (κ3) is 10.3. The minimum absolute atomic E-state index is 0.00302. The van der Waals surface area contributed by atoms with Crippen LogP contribution in [0.4, 0.5) is 13.6 Å². The number of halogens is 2. The summed E-state index contributed by atoms with van der Waals surface area (Å²) in [5.74, 6) is -0.768. The fourth-order valence-corrected chi connectivity index (χ4v) is 8.41. The number of hydrogen-bond acceptors (Lipinski definition) is 7. The Kier molecular flexibility index (Phi) is 12.1. The highest BCUT2D eigenvalue weighted by molar-refractivity contribution is 7.88. The topological polar surface area (TPSA) is 93.7 Å². The average Bonchev–Trinajstić information content (AvgIpc) is 3.86. The van der Waals surface area contributed by atoms with Gasteiger partial charge in [-0.15, -0.1) is 0 Å². The van der Waals surface area contributed by atoms with Gasteiger partial charge in [-0.1, -0.05) is 6.07 Å². The number of nitrogens with zero attached hydrogens (tertiary/aromatic N) is 5. The third-order valence-electron chi connectivity index (χ3n) is 10.5. The summed E-state index contributed by atoms with van der Waals surface area (Å²) in [7, 11) is -3.26. The standard InChI is InChI=1S/C35H55F2N5O5S/c1-35(2,3)47-34(44)40-21-19-39(20-22-40)25-33(43)42(24-26-5-6-26)29-11-14-38(15-12-29)16-13-30(28-7-8-31(36)32(37)23-28)27-9-17-41(18-10-27)48(4,45)46/h7-8,23,26-27,29-30H,5-6,9-22,24-25H2,1-4H3/t30-/m1/s1. The molecule has 3 saturated heterocycles. The molecule has 1 atom stereocenters. The van der Waals surface area contributed by atoms with E-state index in [1.54, 1.807) is 11.0 Å². The number of rotatable bonds is 11. The number of ether oxygens (including phenoxy) is 1. The second-order valence-corrected chi connectivity index (χ2v) is 17.4. The van der Waals surface area contributed by atoms with Crippen molar-refractivity contribution in [2.45, 2.75) is 83.3 Å². The number of piperidine rings is 2. The van der Waals surface area contributed by atoms with Gasteiger partial charge in [0.1, 0.15) is 5.60 Å². The molecule has 1 saturated carbocycles.